The van der Waals surface area contributed by atoms with E-state index in [1.807, 2.05) is 32.0 Å². The molecule has 1 aromatic rings. The van der Waals surface area contributed by atoms with Gasteiger partial charge < -0.3 is 11.1 Å². The zero-order chi connectivity index (χ0) is 11.9. The maximum absolute atomic E-state index is 11.7. The Balaban J connectivity index is 2.44. The molecule has 0 aromatic heterocycles. The van der Waals surface area contributed by atoms with Gasteiger partial charge in [0.1, 0.15) is 0 Å². The number of amides is 2. The molecule has 84 valence electrons. The summed E-state index contributed by atoms with van der Waals surface area (Å²) in [6.07, 6.45) is 0.206. The normalized spacial score (nSPS) is 16.8. The third-order valence-electron chi connectivity index (χ3n) is 2.95. The number of anilines is 1. The smallest absolute Gasteiger partial charge is 0.234 e. The Morgan fingerprint density at radius 1 is 1.44 bits per heavy atom. The molecule has 0 saturated heterocycles. The Morgan fingerprint density at radius 2 is 2.12 bits per heavy atom. The van der Waals surface area contributed by atoms with Crippen molar-refractivity contribution in [3.8, 4) is 0 Å². The first kappa shape index (κ1) is 10.7. The molecule has 1 aromatic carbocycles. The SMILES string of the molecule is CC1(C)C(=O)Nc2ccc(CC(N)=O)cc21. The number of carbonyl (C=O) groups excluding carboxylic acids is 2. The van der Waals surface area contributed by atoms with E-state index in [2.05, 4.69) is 5.32 Å². The van der Waals surface area contributed by atoms with Crippen molar-refractivity contribution in [1.29, 1.82) is 0 Å². The zero-order valence-electron chi connectivity index (χ0n) is 9.33. The Hall–Kier alpha value is -1.84. The summed E-state index contributed by atoms with van der Waals surface area (Å²) in [6, 6.07) is 5.50. The van der Waals surface area contributed by atoms with Gasteiger partial charge in [-0.15, -0.1) is 0 Å². The molecular formula is C12H14N2O2. The molecule has 16 heavy (non-hydrogen) atoms. The molecular weight excluding hydrogens is 204 g/mol. The third-order valence-corrected chi connectivity index (χ3v) is 2.95. The summed E-state index contributed by atoms with van der Waals surface area (Å²) < 4.78 is 0. The number of hydrogen-bond donors (Lipinski definition) is 2. The van der Waals surface area contributed by atoms with Gasteiger partial charge in [0.15, 0.2) is 0 Å². The van der Waals surface area contributed by atoms with E-state index in [-0.39, 0.29) is 18.2 Å². The maximum Gasteiger partial charge on any atom is 0.234 e. The third kappa shape index (κ3) is 1.56. The van der Waals surface area contributed by atoms with E-state index < -0.39 is 5.41 Å². The Labute approximate surface area is 93.8 Å². The molecule has 1 aliphatic rings. The van der Waals surface area contributed by atoms with Crippen LogP contribution in [-0.4, -0.2) is 11.8 Å². The van der Waals surface area contributed by atoms with Crippen molar-refractivity contribution in [2.45, 2.75) is 25.7 Å². The van der Waals surface area contributed by atoms with Crippen LogP contribution in [0.3, 0.4) is 0 Å². The van der Waals surface area contributed by atoms with Crippen molar-refractivity contribution >= 4 is 17.5 Å². The molecule has 0 aliphatic carbocycles. The van der Waals surface area contributed by atoms with Crippen molar-refractivity contribution in [3.63, 3.8) is 0 Å². The highest BCUT2D eigenvalue weighted by molar-refractivity contribution is 6.05. The first-order valence-electron chi connectivity index (χ1n) is 5.14. The van der Waals surface area contributed by atoms with E-state index in [1.54, 1.807) is 0 Å². The Kier molecular flexibility index (Phi) is 2.22. The lowest BCUT2D eigenvalue weighted by atomic mass is 9.85. The van der Waals surface area contributed by atoms with Crippen LogP contribution >= 0.6 is 0 Å². The van der Waals surface area contributed by atoms with E-state index in [0.29, 0.717) is 0 Å². The highest BCUT2D eigenvalue weighted by Crippen LogP contribution is 2.37. The second kappa shape index (κ2) is 3.33. The molecule has 0 fully saturated rings. The molecule has 3 N–H and O–H groups in total. The highest BCUT2D eigenvalue weighted by Gasteiger charge is 2.38. The standard InChI is InChI=1S/C12H14N2O2/c1-12(2)8-5-7(6-10(13)15)3-4-9(8)14-11(12)16/h3-5H,6H2,1-2H3,(H2,13,15)(H,14,16). The molecule has 0 saturated carbocycles. The fourth-order valence-electron chi connectivity index (χ4n) is 1.93. The Bertz CT molecular complexity index is 478. The predicted molar refractivity (Wildman–Crippen MR) is 61.0 cm³/mol. The molecule has 4 heteroatoms. The summed E-state index contributed by atoms with van der Waals surface area (Å²) >= 11 is 0. The lowest BCUT2D eigenvalue weighted by Crippen LogP contribution is -2.27. The number of nitrogens with two attached hydrogens (primary N) is 1. The van der Waals surface area contributed by atoms with Gasteiger partial charge in [-0.3, -0.25) is 9.59 Å². The summed E-state index contributed by atoms with van der Waals surface area (Å²) in [5.41, 5.74) is 7.20. The lowest BCUT2D eigenvalue weighted by Gasteiger charge is -2.15. The van der Waals surface area contributed by atoms with E-state index in [1.165, 1.54) is 0 Å². The van der Waals surface area contributed by atoms with Gasteiger partial charge in [0, 0.05) is 5.69 Å². The minimum Gasteiger partial charge on any atom is -0.369 e. The topological polar surface area (TPSA) is 72.2 Å². The van der Waals surface area contributed by atoms with Crippen LogP contribution in [0.2, 0.25) is 0 Å². The minimum absolute atomic E-state index is 0.0151. The van der Waals surface area contributed by atoms with Gasteiger partial charge in [-0.1, -0.05) is 12.1 Å². The number of benzene rings is 1. The molecule has 1 heterocycles. The van der Waals surface area contributed by atoms with E-state index in [9.17, 15) is 9.59 Å². The van der Waals surface area contributed by atoms with E-state index >= 15 is 0 Å². The van der Waals surface area contributed by atoms with Gasteiger partial charge in [-0.05, 0) is 31.0 Å². The summed E-state index contributed by atoms with van der Waals surface area (Å²) in [7, 11) is 0. The number of nitrogens with one attached hydrogen (secondary N) is 1. The quantitative estimate of drug-likeness (QED) is 0.775. The fraction of sp³-hybridized carbons (Fsp3) is 0.333. The number of rotatable bonds is 2. The number of carbonyl (C=O) groups is 2. The van der Waals surface area contributed by atoms with E-state index in [0.717, 1.165) is 16.8 Å². The van der Waals surface area contributed by atoms with Gasteiger partial charge in [0.25, 0.3) is 0 Å². The molecule has 2 rings (SSSR count). The van der Waals surface area contributed by atoms with Crippen LogP contribution in [0.15, 0.2) is 18.2 Å². The van der Waals surface area contributed by atoms with Gasteiger partial charge in [0.05, 0.1) is 11.8 Å². The maximum atomic E-state index is 11.7. The van der Waals surface area contributed by atoms with Crippen LogP contribution in [0.1, 0.15) is 25.0 Å². The lowest BCUT2D eigenvalue weighted by molar-refractivity contribution is -0.119. The molecule has 0 unspecified atom stereocenters. The molecule has 0 spiro atoms. The predicted octanol–water partition coefficient (Wildman–Crippen LogP) is 0.944. The van der Waals surface area contributed by atoms with Crippen LogP contribution in [0.4, 0.5) is 5.69 Å². The molecule has 2 amide bonds. The van der Waals surface area contributed by atoms with Gasteiger partial charge in [-0.25, -0.2) is 0 Å². The molecule has 0 radical (unpaired) electrons. The summed E-state index contributed by atoms with van der Waals surface area (Å²) in [5.74, 6) is -0.381. The monoisotopic (exact) mass is 218 g/mol. The van der Waals surface area contributed by atoms with Gasteiger partial charge in [0.2, 0.25) is 11.8 Å². The van der Waals surface area contributed by atoms with E-state index in [4.69, 9.17) is 5.73 Å². The average molecular weight is 218 g/mol. The molecule has 4 nitrogen and oxygen atoms in total. The Morgan fingerprint density at radius 3 is 2.75 bits per heavy atom. The summed E-state index contributed by atoms with van der Waals surface area (Å²) in [6.45, 7) is 3.73. The molecule has 0 bridgehead atoms. The first-order valence-corrected chi connectivity index (χ1v) is 5.14. The van der Waals surface area contributed by atoms with Crippen LogP contribution in [0.25, 0.3) is 0 Å². The molecule has 1 aliphatic heterocycles. The summed E-state index contributed by atoms with van der Waals surface area (Å²) in [5, 5.41) is 2.81. The van der Waals surface area contributed by atoms with Crippen molar-refractivity contribution in [2.75, 3.05) is 5.32 Å². The highest BCUT2D eigenvalue weighted by atomic mass is 16.2. The van der Waals surface area contributed by atoms with Crippen LogP contribution < -0.4 is 11.1 Å². The van der Waals surface area contributed by atoms with Crippen molar-refractivity contribution in [2.24, 2.45) is 5.73 Å². The van der Waals surface area contributed by atoms with Crippen molar-refractivity contribution < 1.29 is 9.59 Å². The van der Waals surface area contributed by atoms with Gasteiger partial charge in [-0.2, -0.15) is 0 Å². The largest absolute Gasteiger partial charge is 0.369 e. The average Bonchev–Trinajstić information content (AvgIpc) is 2.39. The molecule has 0 atom stereocenters. The van der Waals surface area contributed by atoms with Crippen LogP contribution in [0.5, 0.6) is 0 Å². The summed E-state index contributed by atoms with van der Waals surface area (Å²) in [4.78, 5) is 22.5. The second-order valence-electron chi connectivity index (χ2n) is 4.60. The van der Waals surface area contributed by atoms with Crippen LogP contribution in [0, 0.1) is 0 Å². The first-order chi connectivity index (χ1) is 7.41. The second-order valence-corrected chi connectivity index (χ2v) is 4.60. The fourth-order valence-corrected chi connectivity index (χ4v) is 1.93. The van der Waals surface area contributed by atoms with Gasteiger partial charge >= 0.3 is 0 Å². The zero-order valence-corrected chi connectivity index (χ0v) is 9.33. The number of hydrogen-bond acceptors (Lipinski definition) is 2. The van der Waals surface area contributed by atoms with Crippen LogP contribution in [-0.2, 0) is 21.4 Å². The van der Waals surface area contributed by atoms with Crippen molar-refractivity contribution in [1.82, 2.24) is 0 Å². The minimum atomic E-state index is -0.539. The number of primary amides is 1. The van der Waals surface area contributed by atoms with Crippen molar-refractivity contribution in [3.05, 3.63) is 29.3 Å². The number of fused-ring (bicyclic) bond motifs is 1.